The van der Waals surface area contributed by atoms with Crippen LogP contribution in [0.2, 0.25) is 0 Å². The molecule has 2 amide bonds. The number of benzene rings is 1. The molecule has 2 heterocycles. The zero-order valence-corrected chi connectivity index (χ0v) is 17.0. The first kappa shape index (κ1) is 20.4. The predicted molar refractivity (Wildman–Crippen MR) is 111 cm³/mol. The molecule has 1 aromatic heterocycles. The number of rotatable bonds is 8. The Kier molecular flexibility index (Phi) is 7.45. The summed E-state index contributed by atoms with van der Waals surface area (Å²) in [5.74, 6) is 0.979. The monoisotopic (exact) mass is 401 g/mol. The van der Waals surface area contributed by atoms with Crippen LogP contribution in [0.4, 0.5) is 0 Å². The number of carbonyl (C=O) groups excluding carboxylic acids is 2. The molecular formula is C21H27N3O3S. The number of amides is 2. The molecule has 2 aromatic rings. The molecule has 3 rings (SSSR count). The minimum absolute atomic E-state index is 0.0147. The van der Waals surface area contributed by atoms with Crippen LogP contribution in [0.5, 0.6) is 5.75 Å². The number of hydrogen-bond donors (Lipinski definition) is 1. The average molecular weight is 402 g/mol. The van der Waals surface area contributed by atoms with E-state index in [1.54, 1.807) is 0 Å². The largest absolute Gasteiger partial charge is 0.494 e. The summed E-state index contributed by atoms with van der Waals surface area (Å²) in [6.07, 6.45) is 0.420. The van der Waals surface area contributed by atoms with Gasteiger partial charge >= 0.3 is 0 Å². The lowest BCUT2D eigenvalue weighted by Gasteiger charge is -2.34. The van der Waals surface area contributed by atoms with Crippen LogP contribution >= 0.6 is 11.3 Å². The van der Waals surface area contributed by atoms with Crippen molar-refractivity contribution in [3.63, 3.8) is 0 Å². The Morgan fingerprint density at radius 2 is 1.86 bits per heavy atom. The predicted octanol–water partition coefficient (Wildman–Crippen LogP) is 2.26. The summed E-state index contributed by atoms with van der Waals surface area (Å²) in [6, 6.07) is 11.4. The number of nitrogens with zero attached hydrogens (tertiary/aromatic N) is 2. The Bertz CT molecular complexity index is 754. The van der Waals surface area contributed by atoms with Gasteiger partial charge in [-0.1, -0.05) is 18.2 Å². The SMILES string of the molecule is CCOc1ccc(CC(=O)N2CCN(CCNC(=O)c3cccs3)CC2)cc1. The van der Waals surface area contributed by atoms with E-state index < -0.39 is 0 Å². The third-order valence-corrected chi connectivity index (χ3v) is 5.64. The first-order valence-corrected chi connectivity index (χ1v) is 10.6. The second kappa shape index (κ2) is 10.2. The summed E-state index contributed by atoms with van der Waals surface area (Å²) in [5.41, 5.74) is 1.01. The van der Waals surface area contributed by atoms with Gasteiger partial charge in [0.2, 0.25) is 5.91 Å². The molecule has 1 aromatic carbocycles. The van der Waals surface area contributed by atoms with Crippen LogP contribution < -0.4 is 10.1 Å². The summed E-state index contributed by atoms with van der Waals surface area (Å²) in [7, 11) is 0. The van der Waals surface area contributed by atoms with Gasteiger partial charge in [-0.3, -0.25) is 14.5 Å². The van der Waals surface area contributed by atoms with Gasteiger partial charge in [0, 0.05) is 39.3 Å². The van der Waals surface area contributed by atoms with Crippen LogP contribution in [0.25, 0.3) is 0 Å². The van der Waals surface area contributed by atoms with Gasteiger partial charge in [-0.15, -0.1) is 11.3 Å². The number of ether oxygens (including phenoxy) is 1. The highest BCUT2D eigenvalue weighted by Gasteiger charge is 2.21. The van der Waals surface area contributed by atoms with Crippen LogP contribution in [0.3, 0.4) is 0 Å². The van der Waals surface area contributed by atoms with Gasteiger partial charge in [0.15, 0.2) is 0 Å². The fourth-order valence-electron chi connectivity index (χ4n) is 3.20. The van der Waals surface area contributed by atoms with E-state index in [0.717, 1.165) is 48.9 Å². The third-order valence-electron chi connectivity index (χ3n) is 4.77. The van der Waals surface area contributed by atoms with Crippen molar-refractivity contribution in [3.05, 3.63) is 52.2 Å². The van der Waals surface area contributed by atoms with Gasteiger partial charge in [0.25, 0.3) is 5.91 Å². The molecule has 0 spiro atoms. The lowest BCUT2D eigenvalue weighted by atomic mass is 10.1. The van der Waals surface area contributed by atoms with Crippen molar-refractivity contribution in [1.82, 2.24) is 15.1 Å². The van der Waals surface area contributed by atoms with E-state index in [0.29, 0.717) is 19.6 Å². The molecule has 1 N–H and O–H groups in total. The van der Waals surface area contributed by atoms with Crippen LogP contribution in [0.15, 0.2) is 41.8 Å². The minimum Gasteiger partial charge on any atom is -0.494 e. The summed E-state index contributed by atoms with van der Waals surface area (Å²) >= 11 is 1.45. The van der Waals surface area contributed by atoms with Gasteiger partial charge in [-0.05, 0) is 36.1 Å². The maximum Gasteiger partial charge on any atom is 0.261 e. The first-order chi connectivity index (χ1) is 13.7. The molecule has 1 aliphatic heterocycles. The van der Waals surface area contributed by atoms with Crippen LogP contribution in [0, 0.1) is 0 Å². The van der Waals surface area contributed by atoms with E-state index in [1.165, 1.54) is 11.3 Å². The quantitative estimate of drug-likeness (QED) is 0.737. The maximum absolute atomic E-state index is 12.5. The van der Waals surface area contributed by atoms with E-state index in [2.05, 4.69) is 10.2 Å². The van der Waals surface area contributed by atoms with Crippen molar-refractivity contribution in [2.45, 2.75) is 13.3 Å². The molecule has 0 bridgehead atoms. The van der Waals surface area contributed by atoms with Gasteiger partial charge < -0.3 is 15.0 Å². The fourth-order valence-corrected chi connectivity index (χ4v) is 3.84. The molecular weight excluding hydrogens is 374 g/mol. The topological polar surface area (TPSA) is 61.9 Å². The normalized spacial score (nSPS) is 14.7. The van der Waals surface area contributed by atoms with Crippen molar-refractivity contribution in [2.75, 3.05) is 45.9 Å². The van der Waals surface area contributed by atoms with Crippen molar-refractivity contribution in [2.24, 2.45) is 0 Å². The second-order valence-corrected chi connectivity index (χ2v) is 7.66. The van der Waals surface area contributed by atoms with E-state index in [9.17, 15) is 9.59 Å². The lowest BCUT2D eigenvalue weighted by Crippen LogP contribution is -2.50. The van der Waals surface area contributed by atoms with Gasteiger partial charge in [-0.2, -0.15) is 0 Å². The van der Waals surface area contributed by atoms with E-state index in [1.807, 2.05) is 53.6 Å². The molecule has 6 nitrogen and oxygen atoms in total. The minimum atomic E-state index is -0.0147. The molecule has 1 aliphatic rings. The summed E-state index contributed by atoms with van der Waals surface area (Å²) in [6.45, 7) is 7.15. The zero-order chi connectivity index (χ0) is 19.8. The molecule has 150 valence electrons. The highest BCUT2D eigenvalue weighted by molar-refractivity contribution is 7.12. The number of thiophene rings is 1. The number of carbonyl (C=O) groups is 2. The summed E-state index contributed by atoms with van der Waals surface area (Å²) in [4.78, 5) is 29.4. The Labute approximate surface area is 170 Å². The highest BCUT2D eigenvalue weighted by Crippen LogP contribution is 2.14. The van der Waals surface area contributed by atoms with E-state index >= 15 is 0 Å². The molecule has 0 atom stereocenters. The summed E-state index contributed by atoms with van der Waals surface area (Å²) in [5, 5.41) is 4.85. The third kappa shape index (κ3) is 5.81. The van der Waals surface area contributed by atoms with Gasteiger partial charge in [0.05, 0.1) is 17.9 Å². The Morgan fingerprint density at radius 3 is 2.50 bits per heavy atom. The molecule has 7 heteroatoms. The summed E-state index contributed by atoms with van der Waals surface area (Å²) < 4.78 is 5.44. The fraction of sp³-hybridized carbons (Fsp3) is 0.429. The highest BCUT2D eigenvalue weighted by atomic mass is 32.1. The second-order valence-electron chi connectivity index (χ2n) is 6.71. The standard InChI is InChI=1S/C21H27N3O3S/c1-2-27-18-7-5-17(6-8-18)16-20(25)24-13-11-23(12-14-24)10-9-22-21(26)19-4-3-15-28-19/h3-8,15H,2,9-14,16H2,1H3,(H,22,26). The number of hydrogen-bond acceptors (Lipinski definition) is 5. The average Bonchev–Trinajstić information content (AvgIpc) is 3.25. The van der Waals surface area contributed by atoms with Gasteiger partial charge in [0.1, 0.15) is 5.75 Å². The maximum atomic E-state index is 12.5. The molecule has 0 saturated carbocycles. The van der Waals surface area contributed by atoms with Crippen LogP contribution in [-0.2, 0) is 11.2 Å². The molecule has 1 fully saturated rings. The van der Waals surface area contributed by atoms with E-state index in [-0.39, 0.29) is 11.8 Å². The Balaban J connectivity index is 1.36. The molecule has 0 aliphatic carbocycles. The molecule has 1 saturated heterocycles. The van der Waals surface area contributed by atoms with Crippen molar-refractivity contribution < 1.29 is 14.3 Å². The van der Waals surface area contributed by atoms with E-state index in [4.69, 9.17) is 4.74 Å². The smallest absolute Gasteiger partial charge is 0.261 e. The number of piperazine rings is 1. The Morgan fingerprint density at radius 1 is 1.11 bits per heavy atom. The first-order valence-electron chi connectivity index (χ1n) is 9.69. The zero-order valence-electron chi connectivity index (χ0n) is 16.2. The van der Waals surface area contributed by atoms with Crippen molar-refractivity contribution in [3.8, 4) is 5.75 Å². The lowest BCUT2D eigenvalue weighted by molar-refractivity contribution is -0.132. The van der Waals surface area contributed by atoms with Crippen molar-refractivity contribution in [1.29, 1.82) is 0 Å². The van der Waals surface area contributed by atoms with Crippen LogP contribution in [0.1, 0.15) is 22.2 Å². The molecule has 28 heavy (non-hydrogen) atoms. The number of nitrogens with one attached hydrogen (secondary N) is 1. The molecule has 0 unspecified atom stereocenters. The molecule has 0 radical (unpaired) electrons. The van der Waals surface area contributed by atoms with Crippen LogP contribution in [-0.4, -0.2) is 67.5 Å². The van der Waals surface area contributed by atoms with Crippen molar-refractivity contribution >= 4 is 23.2 Å². The van der Waals surface area contributed by atoms with Gasteiger partial charge in [-0.25, -0.2) is 0 Å². The Hall–Kier alpha value is -2.38.